The van der Waals surface area contributed by atoms with Crippen molar-refractivity contribution in [1.82, 2.24) is 0 Å². The van der Waals surface area contributed by atoms with Gasteiger partial charge in [-0.3, -0.25) is 0 Å². The van der Waals surface area contributed by atoms with E-state index < -0.39 is 8.32 Å². The molecule has 1 rings (SSSR count). The average molecular weight is 202 g/mol. The molecule has 1 aliphatic rings. The van der Waals surface area contributed by atoms with Gasteiger partial charge in [-0.2, -0.15) is 0 Å². The first kappa shape index (κ1) is 10.7. The molecule has 0 radical (unpaired) electrons. The Morgan fingerprint density at radius 3 is 2.31 bits per heavy atom. The highest BCUT2D eigenvalue weighted by Gasteiger charge is 2.46. The first-order valence-corrected chi connectivity index (χ1v) is 7.98. The monoisotopic (exact) mass is 202 g/mol. The third kappa shape index (κ3) is 2.54. The number of hydrogen-bond donors (Lipinski definition) is 0. The Kier molecular flexibility index (Phi) is 2.56. The molecule has 0 aromatic rings. The standard InChI is InChI=1S/C9H18O3Si/c1-9(2)6-11-8(10)7(9)12-13(3,4)5/h7H,6H2,1-5H3/t7-/m0/s1. The van der Waals surface area contributed by atoms with E-state index in [-0.39, 0.29) is 17.5 Å². The Hall–Kier alpha value is -0.353. The van der Waals surface area contributed by atoms with Crippen LogP contribution < -0.4 is 0 Å². The first-order chi connectivity index (χ1) is 5.72. The number of hydrogen-bond acceptors (Lipinski definition) is 3. The van der Waals surface area contributed by atoms with Crippen molar-refractivity contribution in [2.75, 3.05) is 6.61 Å². The SMILES string of the molecule is CC1(C)COC(=O)[C@@H]1O[Si](C)(C)C. The van der Waals surface area contributed by atoms with Gasteiger partial charge in [-0.15, -0.1) is 0 Å². The normalized spacial score (nSPS) is 27.5. The first-order valence-electron chi connectivity index (χ1n) is 4.57. The van der Waals surface area contributed by atoms with Crippen LogP contribution in [0, 0.1) is 5.41 Å². The van der Waals surface area contributed by atoms with Crippen LogP contribution in [0.1, 0.15) is 13.8 Å². The van der Waals surface area contributed by atoms with Crippen LogP contribution in [-0.4, -0.2) is 27.0 Å². The van der Waals surface area contributed by atoms with Gasteiger partial charge in [0, 0.05) is 5.41 Å². The minimum atomic E-state index is -1.65. The highest BCUT2D eigenvalue weighted by molar-refractivity contribution is 6.69. The van der Waals surface area contributed by atoms with E-state index in [0.29, 0.717) is 6.61 Å². The van der Waals surface area contributed by atoms with Crippen molar-refractivity contribution in [2.45, 2.75) is 39.6 Å². The van der Waals surface area contributed by atoms with Gasteiger partial charge in [0.25, 0.3) is 0 Å². The predicted molar refractivity (Wildman–Crippen MR) is 53.0 cm³/mol. The molecule has 0 amide bonds. The van der Waals surface area contributed by atoms with Gasteiger partial charge in [0.15, 0.2) is 14.4 Å². The van der Waals surface area contributed by atoms with Crippen LogP contribution in [0.4, 0.5) is 0 Å². The van der Waals surface area contributed by atoms with Crippen LogP contribution in [0.15, 0.2) is 0 Å². The Balaban J connectivity index is 2.72. The molecule has 1 saturated heterocycles. The maximum atomic E-state index is 11.3. The summed E-state index contributed by atoms with van der Waals surface area (Å²) < 4.78 is 10.8. The Morgan fingerprint density at radius 2 is 2.00 bits per heavy atom. The molecule has 13 heavy (non-hydrogen) atoms. The van der Waals surface area contributed by atoms with Crippen molar-refractivity contribution >= 4 is 14.3 Å². The van der Waals surface area contributed by atoms with Crippen molar-refractivity contribution in [3.8, 4) is 0 Å². The third-order valence-corrected chi connectivity index (χ3v) is 2.92. The van der Waals surface area contributed by atoms with Crippen LogP contribution >= 0.6 is 0 Å². The lowest BCUT2D eigenvalue weighted by Crippen LogP contribution is -2.41. The summed E-state index contributed by atoms with van der Waals surface area (Å²) in [6.45, 7) is 10.7. The van der Waals surface area contributed by atoms with Crippen molar-refractivity contribution in [3.05, 3.63) is 0 Å². The van der Waals surface area contributed by atoms with Gasteiger partial charge >= 0.3 is 5.97 Å². The Labute approximate surface area is 80.5 Å². The molecule has 0 aromatic carbocycles. The van der Waals surface area contributed by atoms with Gasteiger partial charge < -0.3 is 9.16 Å². The van der Waals surface area contributed by atoms with Crippen LogP contribution in [0.25, 0.3) is 0 Å². The zero-order valence-electron chi connectivity index (χ0n) is 9.01. The molecule has 3 nitrogen and oxygen atoms in total. The van der Waals surface area contributed by atoms with Gasteiger partial charge in [0.2, 0.25) is 0 Å². The second kappa shape index (κ2) is 3.10. The van der Waals surface area contributed by atoms with Crippen LogP contribution in [0.2, 0.25) is 19.6 Å². The molecule has 76 valence electrons. The number of rotatable bonds is 2. The fourth-order valence-electron chi connectivity index (χ4n) is 1.29. The maximum absolute atomic E-state index is 11.3. The summed E-state index contributed by atoms with van der Waals surface area (Å²) in [5.74, 6) is -0.201. The fraction of sp³-hybridized carbons (Fsp3) is 0.889. The largest absolute Gasteiger partial charge is 0.463 e. The number of carbonyl (C=O) groups is 1. The number of esters is 1. The van der Waals surface area contributed by atoms with E-state index in [1.165, 1.54) is 0 Å². The highest BCUT2D eigenvalue weighted by atomic mass is 28.4. The smallest absolute Gasteiger partial charge is 0.334 e. The van der Waals surface area contributed by atoms with E-state index in [4.69, 9.17) is 9.16 Å². The Bertz CT molecular complexity index is 217. The molecule has 0 aromatic heterocycles. The van der Waals surface area contributed by atoms with E-state index in [1.54, 1.807) is 0 Å². The molecule has 0 N–H and O–H groups in total. The van der Waals surface area contributed by atoms with E-state index in [0.717, 1.165) is 0 Å². The summed E-state index contributed by atoms with van der Waals surface area (Å²) in [6, 6.07) is 0. The summed E-state index contributed by atoms with van der Waals surface area (Å²) in [5, 5.41) is 0. The number of ether oxygens (including phenoxy) is 1. The molecule has 4 heteroatoms. The summed E-state index contributed by atoms with van der Waals surface area (Å²) in [7, 11) is -1.65. The predicted octanol–water partition coefficient (Wildman–Crippen LogP) is 1.79. The molecule has 1 atom stereocenters. The fourth-order valence-corrected chi connectivity index (χ4v) is 2.41. The van der Waals surface area contributed by atoms with E-state index in [9.17, 15) is 4.79 Å². The molecule has 0 aliphatic carbocycles. The van der Waals surface area contributed by atoms with E-state index >= 15 is 0 Å². The second-order valence-corrected chi connectivity index (χ2v) is 9.67. The molecule has 1 heterocycles. The second-order valence-electron chi connectivity index (χ2n) is 5.21. The zero-order chi connectivity index (χ0) is 10.3. The van der Waals surface area contributed by atoms with Crippen molar-refractivity contribution in [1.29, 1.82) is 0 Å². The van der Waals surface area contributed by atoms with Gasteiger partial charge in [-0.05, 0) is 19.6 Å². The molecule has 0 bridgehead atoms. The lowest BCUT2D eigenvalue weighted by molar-refractivity contribution is -0.144. The van der Waals surface area contributed by atoms with Gasteiger partial charge in [0.05, 0.1) is 6.61 Å². The van der Waals surface area contributed by atoms with Crippen LogP contribution in [0.3, 0.4) is 0 Å². The summed E-state index contributed by atoms with van der Waals surface area (Å²) in [5.41, 5.74) is -0.169. The summed E-state index contributed by atoms with van der Waals surface area (Å²) in [4.78, 5) is 11.3. The lowest BCUT2D eigenvalue weighted by atomic mass is 9.90. The molecule has 0 unspecified atom stereocenters. The van der Waals surface area contributed by atoms with Crippen molar-refractivity contribution in [2.24, 2.45) is 5.41 Å². The topological polar surface area (TPSA) is 35.5 Å². The van der Waals surface area contributed by atoms with E-state index in [2.05, 4.69) is 19.6 Å². The van der Waals surface area contributed by atoms with Crippen molar-refractivity contribution in [3.63, 3.8) is 0 Å². The summed E-state index contributed by atoms with van der Waals surface area (Å²) in [6.07, 6.45) is -0.362. The molecule has 0 spiro atoms. The molecule has 1 fully saturated rings. The van der Waals surface area contributed by atoms with Crippen LogP contribution in [-0.2, 0) is 14.0 Å². The highest BCUT2D eigenvalue weighted by Crippen LogP contribution is 2.32. The van der Waals surface area contributed by atoms with Crippen LogP contribution in [0.5, 0.6) is 0 Å². The third-order valence-electron chi connectivity index (χ3n) is 1.98. The van der Waals surface area contributed by atoms with Gasteiger partial charge in [0.1, 0.15) is 0 Å². The molecule has 1 aliphatic heterocycles. The number of cyclic esters (lactones) is 1. The van der Waals surface area contributed by atoms with Gasteiger partial charge in [-0.25, -0.2) is 4.79 Å². The molecular formula is C9H18O3Si. The lowest BCUT2D eigenvalue weighted by Gasteiger charge is -2.28. The minimum Gasteiger partial charge on any atom is -0.463 e. The Morgan fingerprint density at radius 1 is 1.46 bits per heavy atom. The molecule has 0 saturated carbocycles. The number of carbonyl (C=O) groups excluding carboxylic acids is 1. The average Bonchev–Trinajstić information content (AvgIpc) is 2.13. The summed E-state index contributed by atoms with van der Waals surface area (Å²) >= 11 is 0. The molecular weight excluding hydrogens is 184 g/mol. The minimum absolute atomic E-state index is 0.169. The van der Waals surface area contributed by atoms with Crippen molar-refractivity contribution < 1.29 is 14.0 Å². The quantitative estimate of drug-likeness (QED) is 0.506. The van der Waals surface area contributed by atoms with Gasteiger partial charge in [-0.1, -0.05) is 13.8 Å². The van der Waals surface area contributed by atoms with E-state index in [1.807, 2.05) is 13.8 Å². The maximum Gasteiger partial charge on any atom is 0.334 e. The zero-order valence-corrected chi connectivity index (χ0v) is 10.0.